The Bertz CT molecular complexity index is 419. The van der Waals surface area contributed by atoms with E-state index in [4.69, 9.17) is 5.11 Å². The second-order valence-electron chi connectivity index (χ2n) is 5.07. The van der Waals surface area contributed by atoms with Gasteiger partial charge in [0.05, 0.1) is 12.1 Å². The summed E-state index contributed by atoms with van der Waals surface area (Å²) in [5.41, 5.74) is 0.905. The molecule has 0 aliphatic carbocycles. The number of rotatable bonds is 4. The fourth-order valence-electron chi connectivity index (χ4n) is 2.38. The van der Waals surface area contributed by atoms with Crippen LogP contribution in [-0.4, -0.2) is 28.6 Å². The Labute approximate surface area is 112 Å². The maximum Gasteiger partial charge on any atom is 0.303 e. The third-order valence-corrected chi connectivity index (χ3v) is 4.68. The molecule has 1 aliphatic heterocycles. The summed E-state index contributed by atoms with van der Waals surface area (Å²) in [5, 5.41) is 11.7. The Morgan fingerprint density at radius 1 is 1.61 bits per heavy atom. The second-order valence-corrected chi connectivity index (χ2v) is 5.91. The highest BCUT2D eigenvalue weighted by atomic mass is 32.1. The van der Waals surface area contributed by atoms with Crippen molar-refractivity contribution >= 4 is 22.4 Å². The molecule has 4 nitrogen and oxygen atoms in total. The van der Waals surface area contributed by atoms with E-state index in [0.717, 1.165) is 17.4 Å². The zero-order valence-electron chi connectivity index (χ0n) is 10.9. The summed E-state index contributed by atoms with van der Waals surface area (Å²) in [4.78, 5) is 17.5. The summed E-state index contributed by atoms with van der Waals surface area (Å²) in [6, 6.07) is 0.525. The van der Waals surface area contributed by atoms with Crippen LogP contribution in [0.4, 0.5) is 5.13 Å². The molecule has 2 unspecified atom stereocenters. The zero-order valence-corrected chi connectivity index (χ0v) is 11.7. The monoisotopic (exact) mass is 268 g/mol. The highest BCUT2D eigenvalue weighted by molar-refractivity contribution is 7.13. The highest BCUT2D eigenvalue weighted by Crippen LogP contribution is 2.30. The normalized spacial score (nSPS) is 24.2. The van der Waals surface area contributed by atoms with Gasteiger partial charge in [0.1, 0.15) is 0 Å². The van der Waals surface area contributed by atoms with Gasteiger partial charge in [-0.25, -0.2) is 4.98 Å². The maximum absolute atomic E-state index is 10.5. The zero-order chi connectivity index (χ0) is 13.1. The number of hydrogen-bond acceptors (Lipinski definition) is 4. The fraction of sp³-hybridized carbons (Fsp3) is 0.692. The molecule has 0 amide bonds. The third kappa shape index (κ3) is 3.02. The van der Waals surface area contributed by atoms with Crippen molar-refractivity contribution in [3.8, 4) is 0 Å². The van der Waals surface area contributed by atoms with Crippen molar-refractivity contribution in [3.05, 3.63) is 11.1 Å². The SMILES string of the molecule is CC1CCCN(c2nc(CCC(=O)O)cs2)C1C. The van der Waals surface area contributed by atoms with E-state index in [-0.39, 0.29) is 6.42 Å². The topological polar surface area (TPSA) is 53.4 Å². The molecule has 0 aromatic carbocycles. The van der Waals surface area contributed by atoms with Gasteiger partial charge in [0.25, 0.3) is 0 Å². The van der Waals surface area contributed by atoms with E-state index in [1.807, 2.05) is 5.38 Å². The first kappa shape index (κ1) is 13.3. The van der Waals surface area contributed by atoms with Crippen molar-refractivity contribution in [2.75, 3.05) is 11.4 Å². The summed E-state index contributed by atoms with van der Waals surface area (Å²) in [7, 11) is 0. The Kier molecular flexibility index (Phi) is 4.22. The second kappa shape index (κ2) is 5.69. The summed E-state index contributed by atoms with van der Waals surface area (Å²) >= 11 is 1.64. The van der Waals surface area contributed by atoms with Crippen molar-refractivity contribution in [1.82, 2.24) is 4.98 Å². The van der Waals surface area contributed by atoms with E-state index >= 15 is 0 Å². The van der Waals surface area contributed by atoms with E-state index < -0.39 is 5.97 Å². The number of thiazole rings is 1. The molecular weight excluding hydrogens is 248 g/mol. The molecule has 1 aromatic heterocycles. The van der Waals surface area contributed by atoms with Crippen LogP contribution in [0.3, 0.4) is 0 Å². The fourth-order valence-corrected chi connectivity index (χ4v) is 3.36. The Morgan fingerprint density at radius 2 is 2.39 bits per heavy atom. The first-order chi connectivity index (χ1) is 8.58. The lowest BCUT2D eigenvalue weighted by Gasteiger charge is -2.37. The van der Waals surface area contributed by atoms with Gasteiger partial charge in [-0.1, -0.05) is 6.92 Å². The smallest absolute Gasteiger partial charge is 0.303 e. The van der Waals surface area contributed by atoms with Gasteiger partial charge in [-0.3, -0.25) is 4.79 Å². The molecule has 1 N–H and O–H groups in total. The number of piperidine rings is 1. The first-order valence-electron chi connectivity index (χ1n) is 6.50. The molecule has 0 radical (unpaired) electrons. The molecule has 1 saturated heterocycles. The van der Waals surface area contributed by atoms with Gasteiger partial charge in [-0.2, -0.15) is 0 Å². The number of aromatic nitrogens is 1. The summed E-state index contributed by atoms with van der Waals surface area (Å²) in [6.07, 6.45) is 3.20. The van der Waals surface area contributed by atoms with Gasteiger partial charge in [0.15, 0.2) is 5.13 Å². The molecular formula is C13H20N2O2S. The lowest BCUT2D eigenvalue weighted by Crippen LogP contribution is -2.42. The molecule has 1 fully saturated rings. The van der Waals surface area contributed by atoms with E-state index in [9.17, 15) is 4.79 Å². The van der Waals surface area contributed by atoms with Gasteiger partial charge in [0.2, 0.25) is 0 Å². The van der Waals surface area contributed by atoms with Crippen molar-refractivity contribution in [2.24, 2.45) is 5.92 Å². The largest absolute Gasteiger partial charge is 0.481 e. The molecule has 1 aromatic rings. The average Bonchev–Trinajstić information content (AvgIpc) is 2.78. The quantitative estimate of drug-likeness (QED) is 0.912. The first-order valence-corrected chi connectivity index (χ1v) is 7.38. The number of nitrogens with zero attached hydrogens (tertiary/aromatic N) is 2. The molecule has 2 rings (SSSR count). The van der Waals surface area contributed by atoms with Crippen molar-refractivity contribution in [3.63, 3.8) is 0 Å². The minimum Gasteiger partial charge on any atom is -0.481 e. The Hall–Kier alpha value is -1.10. The van der Waals surface area contributed by atoms with Gasteiger partial charge in [-0.15, -0.1) is 11.3 Å². The molecule has 2 atom stereocenters. The number of carbonyl (C=O) groups is 1. The lowest BCUT2D eigenvalue weighted by molar-refractivity contribution is -0.136. The minimum atomic E-state index is -0.760. The van der Waals surface area contributed by atoms with Crippen LogP contribution in [0.15, 0.2) is 5.38 Å². The van der Waals surface area contributed by atoms with E-state index in [1.54, 1.807) is 11.3 Å². The third-order valence-electron chi connectivity index (χ3n) is 3.75. The maximum atomic E-state index is 10.5. The number of carboxylic acids is 1. The Balaban J connectivity index is 2.02. The van der Waals surface area contributed by atoms with Crippen LogP contribution in [0.5, 0.6) is 0 Å². The van der Waals surface area contributed by atoms with Crippen molar-refractivity contribution in [2.45, 2.75) is 45.6 Å². The van der Waals surface area contributed by atoms with Crippen LogP contribution in [0, 0.1) is 5.92 Å². The Morgan fingerprint density at radius 3 is 3.11 bits per heavy atom. The average molecular weight is 268 g/mol. The van der Waals surface area contributed by atoms with Crippen molar-refractivity contribution < 1.29 is 9.90 Å². The summed E-state index contributed by atoms with van der Waals surface area (Å²) in [6.45, 7) is 5.61. The molecule has 0 spiro atoms. The number of hydrogen-bond donors (Lipinski definition) is 1. The van der Waals surface area contributed by atoms with E-state index in [1.165, 1.54) is 12.8 Å². The van der Waals surface area contributed by atoms with Crippen LogP contribution in [0.25, 0.3) is 0 Å². The standard InChI is InChI=1S/C13H20N2O2S/c1-9-4-3-7-15(10(9)2)13-14-11(8-18-13)5-6-12(16)17/h8-10H,3-7H2,1-2H3,(H,16,17). The van der Waals surface area contributed by atoms with Crippen LogP contribution in [0.2, 0.25) is 0 Å². The van der Waals surface area contributed by atoms with Crippen LogP contribution < -0.4 is 4.90 Å². The molecule has 0 saturated carbocycles. The number of aliphatic carboxylic acids is 1. The van der Waals surface area contributed by atoms with Crippen molar-refractivity contribution in [1.29, 1.82) is 0 Å². The minimum absolute atomic E-state index is 0.162. The van der Waals surface area contributed by atoms with Gasteiger partial charge >= 0.3 is 5.97 Å². The number of anilines is 1. The molecule has 18 heavy (non-hydrogen) atoms. The predicted molar refractivity (Wildman–Crippen MR) is 73.3 cm³/mol. The van der Waals surface area contributed by atoms with Gasteiger partial charge < -0.3 is 10.0 Å². The summed E-state index contributed by atoms with van der Waals surface area (Å²) in [5.74, 6) is -0.0605. The van der Waals surface area contributed by atoms with Crippen LogP contribution in [0.1, 0.15) is 38.8 Å². The highest BCUT2D eigenvalue weighted by Gasteiger charge is 2.26. The lowest BCUT2D eigenvalue weighted by atomic mass is 9.93. The molecule has 5 heteroatoms. The number of carboxylic acid groups (broad SMARTS) is 1. The number of aryl methyl sites for hydroxylation is 1. The van der Waals surface area contributed by atoms with E-state index in [0.29, 0.717) is 18.4 Å². The van der Waals surface area contributed by atoms with Crippen LogP contribution in [-0.2, 0) is 11.2 Å². The van der Waals surface area contributed by atoms with Gasteiger partial charge in [-0.05, 0) is 25.7 Å². The summed E-state index contributed by atoms with van der Waals surface area (Å²) < 4.78 is 0. The molecule has 2 heterocycles. The molecule has 100 valence electrons. The van der Waals surface area contributed by atoms with Gasteiger partial charge in [0, 0.05) is 24.4 Å². The molecule has 0 bridgehead atoms. The van der Waals surface area contributed by atoms with E-state index in [2.05, 4.69) is 23.7 Å². The predicted octanol–water partition coefficient (Wildman–Crippen LogP) is 2.79. The van der Waals surface area contributed by atoms with Crippen LogP contribution >= 0.6 is 11.3 Å². The molecule has 1 aliphatic rings.